The number of hydrogen-bond donors (Lipinski definition) is 1. The Morgan fingerprint density at radius 3 is 2.78 bits per heavy atom. The van der Waals surface area contributed by atoms with E-state index in [1.165, 1.54) is 24.5 Å². The topological polar surface area (TPSA) is 38.3 Å². The molecule has 1 aromatic carbocycles. The summed E-state index contributed by atoms with van der Waals surface area (Å²) in [6.45, 7) is 0. The van der Waals surface area contributed by atoms with Gasteiger partial charge in [0.15, 0.2) is 6.04 Å². The van der Waals surface area contributed by atoms with Gasteiger partial charge in [-0.1, -0.05) is 12.1 Å². The summed E-state index contributed by atoms with van der Waals surface area (Å²) in [6, 6.07) is 7.33. The monoisotopic (exact) mass is 265 g/mol. The van der Waals surface area contributed by atoms with Crippen LogP contribution >= 0.6 is 11.3 Å². The average Bonchev–Trinajstić information content (AvgIpc) is 2.90. The van der Waals surface area contributed by atoms with E-state index in [2.05, 4.69) is 5.32 Å². The molecule has 0 saturated carbocycles. The zero-order valence-electron chi connectivity index (χ0n) is 9.72. The highest BCUT2D eigenvalue weighted by molar-refractivity contribution is 7.08. The molecule has 1 heterocycles. The number of nitrogens with one attached hydrogen (secondary N) is 1. The van der Waals surface area contributed by atoms with Crippen molar-refractivity contribution >= 4 is 23.0 Å². The van der Waals surface area contributed by atoms with E-state index in [0.717, 1.165) is 5.56 Å². The molecule has 0 radical (unpaired) electrons. The van der Waals surface area contributed by atoms with Gasteiger partial charge in [-0.15, -0.1) is 0 Å². The normalized spacial score (nSPS) is 11.9. The molecule has 0 fully saturated rings. The number of rotatable bonds is 4. The van der Waals surface area contributed by atoms with Crippen LogP contribution in [0.4, 0.5) is 10.1 Å². The summed E-state index contributed by atoms with van der Waals surface area (Å²) < 4.78 is 18.3. The largest absolute Gasteiger partial charge is 0.467 e. The summed E-state index contributed by atoms with van der Waals surface area (Å²) in [5.74, 6) is -0.849. The number of methoxy groups -OCH3 is 1. The number of para-hydroxylation sites is 1. The fraction of sp³-hybridized carbons (Fsp3) is 0.154. The van der Waals surface area contributed by atoms with Crippen LogP contribution in [-0.2, 0) is 9.53 Å². The Morgan fingerprint density at radius 1 is 1.39 bits per heavy atom. The third kappa shape index (κ3) is 2.68. The molecule has 0 amide bonds. The molecule has 94 valence electrons. The molecule has 0 aliphatic heterocycles. The Kier molecular flexibility index (Phi) is 3.94. The fourth-order valence-electron chi connectivity index (χ4n) is 1.57. The van der Waals surface area contributed by atoms with Crippen molar-refractivity contribution in [3.63, 3.8) is 0 Å². The molecule has 0 aliphatic rings. The lowest BCUT2D eigenvalue weighted by molar-refractivity contribution is -0.141. The van der Waals surface area contributed by atoms with Gasteiger partial charge in [0.2, 0.25) is 0 Å². The molecular weight excluding hydrogens is 253 g/mol. The molecule has 1 unspecified atom stereocenters. The van der Waals surface area contributed by atoms with Crippen molar-refractivity contribution in [3.8, 4) is 0 Å². The number of carbonyl (C=O) groups excluding carboxylic acids is 1. The van der Waals surface area contributed by atoms with E-state index >= 15 is 0 Å². The molecule has 0 saturated heterocycles. The predicted molar refractivity (Wildman–Crippen MR) is 69.1 cm³/mol. The number of ether oxygens (including phenoxy) is 1. The second-order valence-corrected chi connectivity index (χ2v) is 4.42. The summed E-state index contributed by atoms with van der Waals surface area (Å²) in [7, 11) is 1.31. The standard InChI is InChI=1S/C13H12FNO2S/c1-17-13(16)12(9-6-7-18-8-9)15-11-5-3-2-4-10(11)14/h2-8,12,15H,1H3. The first-order valence-electron chi connectivity index (χ1n) is 5.33. The molecule has 1 N–H and O–H groups in total. The minimum absolute atomic E-state index is 0.277. The van der Waals surface area contributed by atoms with Crippen LogP contribution in [0, 0.1) is 5.82 Å². The number of benzene rings is 1. The Hall–Kier alpha value is -1.88. The van der Waals surface area contributed by atoms with Crippen LogP contribution in [0.1, 0.15) is 11.6 Å². The predicted octanol–water partition coefficient (Wildman–Crippen LogP) is 3.21. The smallest absolute Gasteiger partial charge is 0.333 e. The molecule has 1 aromatic heterocycles. The maximum Gasteiger partial charge on any atom is 0.333 e. The first kappa shape index (κ1) is 12.6. The average molecular weight is 265 g/mol. The van der Waals surface area contributed by atoms with Crippen LogP contribution in [0.2, 0.25) is 0 Å². The lowest BCUT2D eigenvalue weighted by Crippen LogP contribution is -2.22. The molecular formula is C13H12FNO2S. The van der Waals surface area contributed by atoms with Gasteiger partial charge in [0.25, 0.3) is 0 Å². The van der Waals surface area contributed by atoms with Crippen LogP contribution in [0.3, 0.4) is 0 Å². The number of thiophene rings is 1. The van der Waals surface area contributed by atoms with Gasteiger partial charge < -0.3 is 10.1 Å². The van der Waals surface area contributed by atoms with Gasteiger partial charge >= 0.3 is 5.97 Å². The van der Waals surface area contributed by atoms with E-state index in [1.807, 2.05) is 10.8 Å². The molecule has 3 nitrogen and oxygen atoms in total. The first-order chi connectivity index (χ1) is 8.72. The van der Waals surface area contributed by atoms with Gasteiger partial charge in [-0.3, -0.25) is 0 Å². The van der Waals surface area contributed by atoms with Gasteiger partial charge in [0.05, 0.1) is 12.8 Å². The van der Waals surface area contributed by atoms with Crippen molar-refractivity contribution in [1.29, 1.82) is 0 Å². The first-order valence-corrected chi connectivity index (χ1v) is 6.27. The lowest BCUT2D eigenvalue weighted by Gasteiger charge is -2.17. The Morgan fingerprint density at radius 2 is 2.17 bits per heavy atom. The van der Waals surface area contributed by atoms with Crippen LogP contribution in [0.15, 0.2) is 41.1 Å². The molecule has 0 bridgehead atoms. The summed E-state index contributed by atoms with van der Waals surface area (Å²) in [4.78, 5) is 11.7. The molecule has 18 heavy (non-hydrogen) atoms. The molecule has 1 atom stereocenters. The van der Waals surface area contributed by atoms with Crippen molar-refractivity contribution < 1.29 is 13.9 Å². The highest BCUT2D eigenvalue weighted by atomic mass is 32.1. The highest BCUT2D eigenvalue weighted by Gasteiger charge is 2.22. The van der Waals surface area contributed by atoms with Crippen LogP contribution < -0.4 is 5.32 Å². The maximum absolute atomic E-state index is 13.5. The van der Waals surface area contributed by atoms with Crippen LogP contribution in [-0.4, -0.2) is 13.1 Å². The highest BCUT2D eigenvalue weighted by Crippen LogP contribution is 2.24. The van der Waals surface area contributed by atoms with Crippen molar-refractivity contribution in [2.24, 2.45) is 0 Å². The van der Waals surface area contributed by atoms with Crippen molar-refractivity contribution in [2.45, 2.75) is 6.04 Å². The molecule has 0 spiro atoms. The second-order valence-electron chi connectivity index (χ2n) is 3.64. The fourth-order valence-corrected chi connectivity index (χ4v) is 2.26. The summed E-state index contributed by atoms with van der Waals surface area (Å²) in [5, 5.41) is 6.54. The summed E-state index contributed by atoms with van der Waals surface area (Å²) in [5.41, 5.74) is 1.04. The van der Waals surface area contributed by atoms with Crippen molar-refractivity contribution in [2.75, 3.05) is 12.4 Å². The Labute approximate surface area is 108 Å². The van der Waals surface area contributed by atoms with Crippen LogP contribution in [0.25, 0.3) is 0 Å². The summed E-state index contributed by atoms with van der Waals surface area (Å²) in [6.07, 6.45) is 0. The third-order valence-electron chi connectivity index (χ3n) is 2.49. The van der Waals surface area contributed by atoms with Gasteiger partial charge in [-0.25, -0.2) is 9.18 Å². The van der Waals surface area contributed by atoms with Crippen LogP contribution in [0.5, 0.6) is 0 Å². The molecule has 5 heteroatoms. The number of halogens is 1. The third-order valence-corrected chi connectivity index (χ3v) is 3.19. The summed E-state index contributed by atoms with van der Waals surface area (Å²) >= 11 is 1.47. The van der Waals surface area contributed by atoms with E-state index in [9.17, 15) is 9.18 Å². The van der Waals surface area contributed by atoms with Crippen molar-refractivity contribution in [3.05, 3.63) is 52.5 Å². The minimum atomic E-state index is -0.696. The van der Waals surface area contributed by atoms with Gasteiger partial charge in [0, 0.05) is 0 Å². The van der Waals surface area contributed by atoms with E-state index in [1.54, 1.807) is 24.3 Å². The number of carbonyl (C=O) groups is 1. The maximum atomic E-state index is 13.5. The van der Waals surface area contributed by atoms with E-state index in [0.29, 0.717) is 0 Å². The molecule has 2 rings (SSSR count). The van der Waals surface area contributed by atoms with Gasteiger partial charge in [-0.05, 0) is 34.5 Å². The Bertz CT molecular complexity index is 528. The zero-order valence-corrected chi connectivity index (χ0v) is 10.5. The SMILES string of the molecule is COC(=O)C(Nc1ccccc1F)c1ccsc1. The van der Waals surface area contributed by atoms with E-state index in [-0.39, 0.29) is 5.69 Å². The lowest BCUT2D eigenvalue weighted by atomic mass is 10.1. The quantitative estimate of drug-likeness (QED) is 0.863. The second kappa shape index (κ2) is 5.64. The van der Waals surface area contributed by atoms with Crippen molar-refractivity contribution in [1.82, 2.24) is 0 Å². The number of hydrogen-bond acceptors (Lipinski definition) is 4. The van der Waals surface area contributed by atoms with Gasteiger partial charge in [0.1, 0.15) is 5.82 Å². The number of esters is 1. The Balaban J connectivity index is 2.26. The van der Waals surface area contributed by atoms with E-state index < -0.39 is 17.8 Å². The number of anilines is 1. The van der Waals surface area contributed by atoms with Gasteiger partial charge in [-0.2, -0.15) is 11.3 Å². The zero-order chi connectivity index (χ0) is 13.0. The van der Waals surface area contributed by atoms with E-state index in [4.69, 9.17) is 4.74 Å². The molecule has 2 aromatic rings. The molecule has 0 aliphatic carbocycles. The minimum Gasteiger partial charge on any atom is -0.467 e.